The molecule has 0 aliphatic carbocycles. The van der Waals surface area contributed by atoms with Crippen LogP contribution in [0, 0.1) is 35.3 Å². The number of aromatic nitrogens is 2. The highest BCUT2D eigenvalue weighted by atomic mass is 32.2. The molecular weight excluding hydrogens is 466 g/mol. The van der Waals surface area contributed by atoms with E-state index in [-0.39, 0.29) is 28.3 Å². The Morgan fingerprint density at radius 1 is 1.14 bits per heavy atom. The average molecular weight is 486 g/mol. The maximum absolute atomic E-state index is 13.4. The molecule has 0 saturated carbocycles. The van der Waals surface area contributed by atoms with Crippen molar-refractivity contribution in [1.29, 1.82) is 5.26 Å². The molecule has 1 N–H and O–H groups in total. The van der Waals surface area contributed by atoms with Crippen molar-refractivity contribution in [2.75, 3.05) is 11.1 Å². The van der Waals surface area contributed by atoms with E-state index >= 15 is 0 Å². The van der Waals surface area contributed by atoms with Gasteiger partial charge in [0.25, 0.3) is 11.2 Å². The molecule has 1 aromatic heterocycles. The number of carbonyl (C=O) groups is 1. The molecule has 4 aromatic rings. The molecule has 0 aliphatic rings. The van der Waals surface area contributed by atoms with Gasteiger partial charge in [0, 0.05) is 12.1 Å². The molecule has 0 saturated heterocycles. The molecule has 0 aliphatic heterocycles. The monoisotopic (exact) mass is 485 g/mol. The van der Waals surface area contributed by atoms with Gasteiger partial charge < -0.3 is 5.32 Å². The summed E-state index contributed by atoms with van der Waals surface area (Å²) in [5.74, 6) is -0.549. The van der Waals surface area contributed by atoms with Gasteiger partial charge in [-0.15, -0.1) is 0 Å². The number of anilines is 1. The van der Waals surface area contributed by atoms with Gasteiger partial charge in [-0.05, 0) is 55.3 Å². The number of nitro groups is 1. The molecule has 0 spiro atoms. The van der Waals surface area contributed by atoms with Gasteiger partial charge in [-0.25, -0.2) is 4.98 Å². The van der Waals surface area contributed by atoms with E-state index in [0.717, 1.165) is 29.0 Å². The maximum atomic E-state index is 13.4. The number of thioether (sulfide) groups is 1. The van der Waals surface area contributed by atoms with Crippen LogP contribution in [-0.2, 0) is 4.79 Å². The Kier molecular flexibility index (Phi) is 6.62. The largest absolute Gasteiger partial charge is 0.324 e. The van der Waals surface area contributed by atoms with E-state index in [1.807, 2.05) is 38.1 Å². The maximum Gasteiger partial charge on any atom is 0.270 e. The van der Waals surface area contributed by atoms with Gasteiger partial charge in [-0.2, -0.15) is 5.26 Å². The average Bonchev–Trinajstić information content (AvgIpc) is 2.85. The van der Waals surface area contributed by atoms with Crippen LogP contribution in [-0.4, -0.2) is 26.1 Å². The molecule has 0 unspecified atom stereocenters. The Morgan fingerprint density at radius 3 is 2.63 bits per heavy atom. The Labute approximate surface area is 204 Å². The van der Waals surface area contributed by atoms with Gasteiger partial charge >= 0.3 is 0 Å². The number of nitrogens with one attached hydrogen (secondary N) is 1. The first kappa shape index (κ1) is 23.7. The number of aryl methyl sites for hydroxylation is 2. The van der Waals surface area contributed by atoms with Crippen molar-refractivity contribution in [1.82, 2.24) is 9.55 Å². The molecule has 0 bridgehead atoms. The van der Waals surface area contributed by atoms with Crippen molar-refractivity contribution in [3.05, 3.63) is 97.8 Å². The molecule has 0 radical (unpaired) electrons. The van der Waals surface area contributed by atoms with Crippen LogP contribution in [0.15, 0.2) is 70.6 Å². The quantitative estimate of drug-likeness (QED) is 0.184. The summed E-state index contributed by atoms with van der Waals surface area (Å²) in [4.78, 5) is 41.0. The summed E-state index contributed by atoms with van der Waals surface area (Å²) < 4.78 is 1.49. The Hall–Kier alpha value is -4.49. The zero-order valence-corrected chi connectivity index (χ0v) is 19.6. The summed E-state index contributed by atoms with van der Waals surface area (Å²) in [6.45, 7) is 3.93. The third kappa shape index (κ3) is 4.90. The molecule has 3 aromatic carbocycles. The van der Waals surface area contributed by atoms with Crippen molar-refractivity contribution in [2.45, 2.75) is 19.0 Å². The first-order chi connectivity index (χ1) is 16.8. The minimum atomic E-state index is -0.611. The highest BCUT2D eigenvalue weighted by Gasteiger charge is 2.17. The Morgan fingerprint density at radius 2 is 1.91 bits per heavy atom. The number of amides is 1. The zero-order valence-electron chi connectivity index (χ0n) is 18.8. The molecular formula is C25H19N5O4S. The van der Waals surface area contributed by atoms with Crippen molar-refractivity contribution >= 4 is 39.9 Å². The fraction of sp³-hybridized carbons (Fsp3) is 0.120. The van der Waals surface area contributed by atoms with Crippen LogP contribution in [0.4, 0.5) is 11.4 Å². The Bertz CT molecular complexity index is 1590. The second-order valence-corrected chi connectivity index (χ2v) is 8.70. The molecule has 9 nitrogen and oxygen atoms in total. The number of fused-ring (bicyclic) bond motifs is 1. The normalized spacial score (nSPS) is 10.7. The number of hydrogen-bond acceptors (Lipinski definition) is 7. The lowest BCUT2D eigenvalue weighted by Gasteiger charge is -2.14. The van der Waals surface area contributed by atoms with Crippen molar-refractivity contribution in [3.63, 3.8) is 0 Å². The van der Waals surface area contributed by atoms with Gasteiger partial charge in [0.15, 0.2) is 5.16 Å². The van der Waals surface area contributed by atoms with Gasteiger partial charge in [0.1, 0.15) is 6.07 Å². The van der Waals surface area contributed by atoms with Gasteiger partial charge in [-0.1, -0.05) is 30.0 Å². The van der Waals surface area contributed by atoms with E-state index in [4.69, 9.17) is 0 Å². The first-order valence-electron chi connectivity index (χ1n) is 10.5. The molecule has 1 amide bonds. The summed E-state index contributed by atoms with van der Waals surface area (Å²) >= 11 is 1.08. The van der Waals surface area contributed by atoms with E-state index in [2.05, 4.69) is 10.3 Å². The lowest BCUT2D eigenvalue weighted by molar-refractivity contribution is -0.384. The molecule has 1 heterocycles. The zero-order chi connectivity index (χ0) is 25.1. The van der Waals surface area contributed by atoms with Crippen LogP contribution in [0.2, 0.25) is 0 Å². The predicted molar refractivity (Wildman–Crippen MR) is 134 cm³/mol. The molecule has 0 fully saturated rings. The lowest BCUT2D eigenvalue weighted by atomic mass is 10.1. The Balaban J connectivity index is 1.66. The van der Waals surface area contributed by atoms with Gasteiger partial charge in [0.2, 0.25) is 5.91 Å². The van der Waals surface area contributed by atoms with E-state index < -0.39 is 10.8 Å². The van der Waals surface area contributed by atoms with Crippen LogP contribution in [0.1, 0.15) is 16.7 Å². The van der Waals surface area contributed by atoms with Crippen LogP contribution in [0.3, 0.4) is 0 Å². The third-order valence-electron chi connectivity index (χ3n) is 5.43. The number of rotatable bonds is 6. The second kappa shape index (κ2) is 9.79. The van der Waals surface area contributed by atoms with Crippen LogP contribution in [0.5, 0.6) is 0 Å². The van der Waals surface area contributed by atoms with Crippen molar-refractivity contribution in [3.8, 4) is 11.8 Å². The number of nitrogens with zero attached hydrogens (tertiary/aromatic N) is 4. The highest BCUT2D eigenvalue weighted by molar-refractivity contribution is 7.99. The molecule has 0 atom stereocenters. The number of non-ortho nitro benzene ring substituents is 1. The number of hydrogen-bond donors (Lipinski definition) is 1. The van der Waals surface area contributed by atoms with E-state index in [9.17, 15) is 25.0 Å². The summed E-state index contributed by atoms with van der Waals surface area (Å²) in [5, 5.41) is 23.7. The minimum Gasteiger partial charge on any atom is -0.324 e. The lowest BCUT2D eigenvalue weighted by Crippen LogP contribution is -2.23. The van der Waals surface area contributed by atoms with Crippen LogP contribution < -0.4 is 10.9 Å². The van der Waals surface area contributed by atoms with Gasteiger partial charge in [0.05, 0.1) is 38.5 Å². The first-order valence-corrected chi connectivity index (χ1v) is 11.5. The summed E-state index contributed by atoms with van der Waals surface area (Å²) in [7, 11) is 0. The van der Waals surface area contributed by atoms with E-state index in [0.29, 0.717) is 21.7 Å². The SMILES string of the molecule is Cc1ccc(-n2c(SCC(=O)Nc3ccc([N+](=O)[O-])cc3C#N)nc3ccccc3c2=O)cc1C. The standard InChI is InChI=1S/C25H19N5O4S/c1-15-7-8-18(11-16(15)2)29-24(32)20-5-3-4-6-22(20)28-25(29)35-14-23(31)27-21-10-9-19(30(33)34)12-17(21)13-26/h3-12H,14H2,1-2H3,(H,27,31). The van der Waals surface area contributed by atoms with E-state index in [1.165, 1.54) is 16.7 Å². The predicted octanol–water partition coefficient (Wildman–Crippen LogP) is 4.51. The number of benzene rings is 3. The molecule has 35 heavy (non-hydrogen) atoms. The smallest absolute Gasteiger partial charge is 0.270 e. The fourth-order valence-corrected chi connectivity index (χ4v) is 4.28. The molecule has 174 valence electrons. The molecule has 4 rings (SSSR count). The fourth-order valence-electron chi connectivity index (χ4n) is 3.47. The number of carbonyl (C=O) groups excluding carboxylic acids is 1. The number of nitro benzene ring substituents is 1. The van der Waals surface area contributed by atoms with Gasteiger partial charge in [-0.3, -0.25) is 24.3 Å². The third-order valence-corrected chi connectivity index (χ3v) is 6.37. The number of para-hydroxylation sites is 1. The topological polar surface area (TPSA) is 131 Å². The van der Waals surface area contributed by atoms with E-state index in [1.54, 1.807) is 24.3 Å². The van der Waals surface area contributed by atoms with Crippen LogP contribution in [0.25, 0.3) is 16.6 Å². The van der Waals surface area contributed by atoms with Crippen molar-refractivity contribution in [2.24, 2.45) is 0 Å². The van der Waals surface area contributed by atoms with Crippen LogP contribution >= 0.6 is 11.8 Å². The summed E-state index contributed by atoms with van der Waals surface area (Å²) in [6.07, 6.45) is 0. The minimum absolute atomic E-state index is 0.0200. The van der Waals surface area contributed by atoms with Crippen molar-refractivity contribution < 1.29 is 9.72 Å². The second-order valence-electron chi connectivity index (χ2n) is 7.76. The summed E-state index contributed by atoms with van der Waals surface area (Å²) in [5.41, 5.74) is 2.91. The number of nitriles is 1. The molecule has 10 heteroatoms. The summed E-state index contributed by atoms with van der Waals surface area (Å²) in [6, 6.07) is 18.1. The highest BCUT2D eigenvalue weighted by Crippen LogP contribution is 2.25.